The van der Waals surface area contributed by atoms with Gasteiger partial charge >= 0.3 is 0 Å². The van der Waals surface area contributed by atoms with Crippen molar-refractivity contribution in [3.05, 3.63) is 11.6 Å². The van der Waals surface area contributed by atoms with Crippen LogP contribution in [0.1, 0.15) is 47.0 Å². The van der Waals surface area contributed by atoms with Crippen molar-refractivity contribution in [2.45, 2.75) is 77.0 Å². The molecule has 110 valence electrons. The molecule has 1 aliphatic carbocycles. The first-order valence-electron chi connectivity index (χ1n) is 7.00. The van der Waals surface area contributed by atoms with Crippen LogP contribution >= 0.6 is 0 Å². The summed E-state index contributed by atoms with van der Waals surface area (Å²) in [6.07, 6.45) is 5.37. The highest BCUT2D eigenvalue weighted by Crippen LogP contribution is 2.51. The lowest BCUT2D eigenvalue weighted by molar-refractivity contribution is 0.182. The maximum Gasteiger partial charge on any atom is 0.0947 e. The van der Waals surface area contributed by atoms with Crippen LogP contribution in [0.25, 0.3) is 0 Å². The van der Waals surface area contributed by atoms with Crippen molar-refractivity contribution < 1.29 is 20.1 Å². The van der Waals surface area contributed by atoms with Gasteiger partial charge in [0.15, 0.2) is 0 Å². The van der Waals surface area contributed by atoms with Crippen LogP contribution in [-0.2, 0) is 9.47 Å². The smallest absolute Gasteiger partial charge is 0.0947 e. The Morgan fingerprint density at radius 3 is 2.68 bits per heavy atom. The normalized spacial score (nSPS) is 50.5. The average molecular weight is 270 g/mol. The van der Waals surface area contributed by atoms with Gasteiger partial charge in [-0.1, -0.05) is 19.9 Å². The number of aliphatic hydroxyl groups excluding tert-OH is 1. The molecule has 19 heavy (non-hydrogen) atoms. The van der Waals surface area contributed by atoms with Crippen molar-refractivity contribution >= 4 is 0 Å². The molecule has 3 rings (SSSR count). The molecule has 2 saturated heterocycles. The van der Waals surface area contributed by atoms with E-state index in [2.05, 4.69) is 26.8 Å². The number of hydrogen-bond donors (Lipinski definition) is 1. The fourth-order valence-electron chi connectivity index (χ4n) is 3.22. The predicted molar refractivity (Wildman–Crippen MR) is 72.9 cm³/mol. The molecule has 0 aromatic carbocycles. The minimum absolute atomic E-state index is 0. The van der Waals surface area contributed by atoms with E-state index in [4.69, 9.17) is 9.47 Å². The summed E-state index contributed by atoms with van der Waals surface area (Å²) in [6.45, 7) is 8.66. The zero-order chi connectivity index (χ0) is 13.1. The van der Waals surface area contributed by atoms with Crippen molar-refractivity contribution in [1.82, 2.24) is 0 Å². The van der Waals surface area contributed by atoms with Crippen LogP contribution in [0.15, 0.2) is 11.6 Å². The van der Waals surface area contributed by atoms with Crippen LogP contribution < -0.4 is 0 Å². The summed E-state index contributed by atoms with van der Waals surface area (Å²) >= 11 is 0. The van der Waals surface area contributed by atoms with Crippen LogP contribution in [0.3, 0.4) is 0 Å². The Morgan fingerprint density at radius 1 is 1.32 bits per heavy atom. The Hall–Kier alpha value is -0.420. The molecule has 5 atom stereocenters. The summed E-state index contributed by atoms with van der Waals surface area (Å²) in [7, 11) is 0. The van der Waals surface area contributed by atoms with Crippen molar-refractivity contribution in [1.29, 1.82) is 0 Å². The highest BCUT2D eigenvalue weighted by Gasteiger charge is 2.60. The number of ether oxygens (including phenoxy) is 2. The van der Waals surface area contributed by atoms with E-state index < -0.39 is 0 Å². The summed E-state index contributed by atoms with van der Waals surface area (Å²) in [4.78, 5) is 0. The molecule has 0 bridgehead atoms. The first-order chi connectivity index (χ1) is 8.32. The van der Waals surface area contributed by atoms with Gasteiger partial charge in [0.25, 0.3) is 0 Å². The Balaban J connectivity index is 0.00000133. The average Bonchev–Trinajstić information content (AvgIpc) is 3.14. The molecule has 4 nitrogen and oxygen atoms in total. The lowest BCUT2D eigenvalue weighted by atomic mass is 9.82. The second-order valence-electron chi connectivity index (χ2n) is 7.11. The van der Waals surface area contributed by atoms with Crippen molar-refractivity contribution in [2.24, 2.45) is 5.41 Å². The highest BCUT2D eigenvalue weighted by molar-refractivity contribution is 5.15. The molecule has 3 aliphatic rings. The SMILES string of the molecule is C/C1=C/CC(C)(C)[C@@H]2O[C@H]2C[C@@]2(C)O[C@@H]2C[C@@H]1O.O. The Bertz CT molecular complexity index is 390. The van der Waals surface area contributed by atoms with Gasteiger partial charge in [0.1, 0.15) is 0 Å². The van der Waals surface area contributed by atoms with Crippen LogP contribution in [0.5, 0.6) is 0 Å². The van der Waals surface area contributed by atoms with Crippen molar-refractivity contribution in [3.8, 4) is 0 Å². The monoisotopic (exact) mass is 270 g/mol. The number of aliphatic hydroxyl groups is 1. The van der Waals surface area contributed by atoms with Crippen LogP contribution in [0.2, 0.25) is 0 Å². The fourth-order valence-corrected chi connectivity index (χ4v) is 3.22. The molecule has 0 radical (unpaired) electrons. The third-order valence-corrected chi connectivity index (χ3v) is 4.91. The highest BCUT2D eigenvalue weighted by atomic mass is 16.6. The van der Waals surface area contributed by atoms with E-state index in [0.29, 0.717) is 12.2 Å². The van der Waals surface area contributed by atoms with E-state index in [-0.39, 0.29) is 28.7 Å². The van der Waals surface area contributed by atoms with E-state index in [1.54, 1.807) is 0 Å². The van der Waals surface area contributed by atoms with E-state index in [1.807, 2.05) is 6.92 Å². The van der Waals surface area contributed by atoms with Gasteiger partial charge in [-0.3, -0.25) is 0 Å². The summed E-state index contributed by atoms with van der Waals surface area (Å²) in [5.74, 6) is 0. The van der Waals surface area contributed by atoms with Gasteiger partial charge < -0.3 is 20.1 Å². The largest absolute Gasteiger partial charge is 0.412 e. The van der Waals surface area contributed by atoms with Gasteiger partial charge in [-0.25, -0.2) is 0 Å². The van der Waals surface area contributed by atoms with Crippen LogP contribution in [-0.4, -0.2) is 40.6 Å². The number of fused-ring (bicyclic) bond motifs is 2. The standard InChI is InChI=1S/C15H24O3.H2O/c1-9-5-6-14(2,3)13-11(17-13)8-15(4)12(18-15)7-10(9)16;/h5,10-13,16H,6-8H2,1-4H3;1H2/b9-5-;/t10-,11-,12+,13+,15+;/m0./s1. The van der Waals surface area contributed by atoms with E-state index in [1.165, 1.54) is 0 Å². The Kier molecular flexibility index (Phi) is 3.59. The van der Waals surface area contributed by atoms with E-state index in [0.717, 1.165) is 24.8 Å². The predicted octanol–water partition coefficient (Wildman–Crippen LogP) is 1.60. The van der Waals surface area contributed by atoms with Crippen LogP contribution in [0.4, 0.5) is 0 Å². The molecule has 0 amide bonds. The second kappa shape index (κ2) is 4.55. The molecule has 2 aliphatic heterocycles. The molecule has 0 aromatic rings. The van der Waals surface area contributed by atoms with Crippen molar-refractivity contribution in [3.63, 3.8) is 0 Å². The Morgan fingerprint density at radius 2 is 2.00 bits per heavy atom. The number of epoxide rings is 2. The van der Waals surface area contributed by atoms with Gasteiger partial charge in [0.05, 0.1) is 30.0 Å². The number of allylic oxidation sites excluding steroid dienone is 1. The molecule has 0 aromatic heterocycles. The van der Waals surface area contributed by atoms with E-state index >= 15 is 0 Å². The molecule has 0 saturated carbocycles. The first kappa shape index (κ1) is 15.0. The zero-order valence-electron chi connectivity index (χ0n) is 12.3. The Labute approximate surface area is 115 Å². The van der Waals surface area contributed by atoms with Gasteiger partial charge in [-0.15, -0.1) is 0 Å². The molecule has 2 heterocycles. The minimum Gasteiger partial charge on any atom is -0.412 e. The second-order valence-corrected chi connectivity index (χ2v) is 7.11. The van der Waals surface area contributed by atoms with E-state index in [9.17, 15) is 5.11 Å². The molecular weight excluding hydrogens is 244 g/mol. The summed E-state index contributed by atoms with van der Waals surface area (Å²) in [5, 5.41) is 10.2. The third kappa shape index (κ3) is 2.72. The first-order valence-corrected chi connectivity index (χ1v) is 7.00. The maximum absolute atomic E-state index is 10.2. The van der Waals surface area contributed by atoms with Gasteiger partial charge in [0.2, 0.25) is 0 Å². The lowest BCUT2D eigenvalue weighted by Gasteiger charge is -2.21. The summed E-state index contributed by atoms with van der Waals surface area (Å²) in [6, 6.07) is 0. The molecule has 3 N–H and O–H groups in total. The quantitative estimate of drug-likeness (QED) is 0.536. The third-order valence-electron chi connectivity index (χ3n) is 4.91. The molecule has 0 spiro atoms. The zero-order valence-corrected chi connectivity index (χ0v) is 12.3. The van der Waals surface area contributed by atoms with Gasteiger partial charge in [-0.05, 0) is 31.3 Å². The summed E-state index contributed by atoms with van der Waals surface area (Å²) in [5.41, 5.74) is 1.15. The topological polar surface area (TPSA) is 76.8 Å². The lowest BCUT2D eigenvalue weighted by Crippen LogP contribution is -2.22. The summed E-state index contributed by atoms with van der Waals surface area (Å²) < 4.78 is 11.7. The van der Waals surface area contributed by atoms with Crippen LogP contribution in [0, 0.1) is 5.41 Å². The number of rotatable bonds is 0. The van der Waals surface area contributed by atoms with Gasteiger partial charge in [0, 0.05) is 12.8 Å². The number of hydrogen-bond acceptors (Lipinski definition) is 3. The van der Waals surface area contributed by atoms with Crippen molar-refractivity contribution in [2.75, 3.05) is 0 Å². The minimum atomic E-state index is -0.358. The molecular formula is C15H26O4. The van der Waals surface area contributed by atoms with Gasteiger partial charge in [-0.2, -0.15) is 0 Å². The molecule has 0 unspecified atom stereocenters. The maximum atomic E-state index is 10.2. The molecule has 2 fully saturated rings. The molecule has 4 heteroatoms. The fraction of sp³-hybridized carbons (Fsp3) is 0.867.